The second-order valence-corrected chi connectivity index (χ2v) is 27.2. The molecule has 36 heteroatoms. The smallest absolute Gasteiger partial charge is 0.0975 e. The minimum absolute atomic E-state index is 0.00231. The zero-order valence-corrected chi connectivity index (χ0v) is 73.8. The zero-order valence-electron chi connectivity index (χ0n) is 73.8. The van der Waals surface area contributed by atoms with Gasteiger partial charge in [-0.05, 0) is 149 Å². The standard InChI is InChI=1S/C10H19NO2.C8H19NO3.C8H19NO2.C8H17NO2.C7H17NO3.C7H17NO2.C7H15NO2.C6H15NO3.C6H15NO2.2C6H13NO2/c1-2-3-4-5-6-7-10(13)9(11)8-12;1-4-7(11)8(12)6(5-10)9(2)3;2*1-4-5-8(11)7(6-10)9(2)3;1-3-6(10)7(11)5(4-9)8-2;2*1-3-4-7(10)6(5-9)8-2;1-2-5(9)6(10)4(7)3-8;3*1-2-3-6(9)5(7)4-8/h2-3,6-7,9-10,12-13H,4-5,8,11H2,1H3;6-8,10-12H,4-5H2,1-3H3;7-8,10-11H,4-6H2,1-3H3;4-5,7-8,10-11H,6H2,1-3H3;5-11H,3-4H2,1-2H3;6-10H,3-5H2,1-2H3;3-4,6-10H,5H2,1-2H3;4-6,8-10H,2-3,7H2,1H3;5-6,8-9H,2-4,7H2,1H3;2*2-3,5-6,8-9H,4,7H2,1H3/b3-2-,7-6+;;;5-4+;;;4-3+;;;2*3-2+. The number of unbranched alkanes of at least 4 members (excludes halogenated alkanes) is 1. The molecule has 38 N–H and O–H groups in total. The van der Waals surface area contributed by atoms with E-state index in [0.717, 1.165) is 44.9 Å². The first-order chi connectivity index (χ1) is 54.0. The Morgan fingerprint density at radius 2 is 0.565 bits per heavy atom. The predicted molar refractivity (Wildman–Crippen MR) is 461 cm³/mol. The molecule has 0 heterocycles. The Morgan fingerprint density at radius 1 is 0.270 bits per heavy atom. The summed E-state index contributed by atoms with van der Waals surface area (Å²) in [4.78, 5) is 5.34. The summed E-state index contributed by atoms with van der Waals surface area (Å²) in [7, 11) is 16.0. The van der Waals surface area contributed by atoms with E-state index in [1.807, 2.05) is 86.8 Å². The van der Waals surface area contributed by atoms with Crippen LogP contribution in [-0.2, 0) is 0 Å². The Hall–Kier alpha value is -3.00. The first-order valence-electron chi connectivity index (χ1n) is 39.8. The fourth-order valence-corrected chi connectivity index (χ4v) is 8.59. The molecule has 0 bridgehead atoms. The molecule has 0 aliphatic carbocycles. The lowest BCUT2D eigenvalue weighted by atomic mass is 10.0. The Balaban J connectivity index is -0.000000115. The lowest BCUT2D eigenvalue weighted by Gasteiger charge is -2.29. The molecule has 25 unspecified atom stereocenters. The molecule has 0 fully saturated rings. The molecule has 0 rings (SSSR count). The molecule has 0 aliphatic heterocycles. The molecule has 0 saturated carbocycles. The van der Waals surface area contributed by atoms with Crippen LogP contribution in [0.15, 0.2) is 72.9 Å². The van der Waals surface area contributed by atoms with Gasteiger partial charge in [-0.15, -0.1) is 0 Å². The molecule has 0 saturated heterocycles. The van der Waals surface area contributed by atoms with E-state index in [9.17, 15) is 40.9 Å². The maximum absolute atomic E-state index is 9.50. The molecule has 0 aliphatic rings. The van der Waals surface area contributed by atoms with Gasteiger partial charge in [0.1, 0.15) is 0 Å². The first-order valence-corrected chi connectivity index (χ1v) is 39.8. The van der Waals surface area contributed by atoms with E-state index in [4.69, 9.17) is 115 Å². The minimum Gasteiger partial charge on any atom is -0.395 e. The molecule has 0 aromatic carbocycles. The van der Waals surface area contributed by atoms with Gasteiger partial charge < -0.3 is 187 Å². The van der Waals surface area contributed by atoms with Gasteiger partial charge in [0.05, 0.1) is 225 Å². The summed E-state index contributed by atoms with van der Waals surface area (Å²) in [5.74, 6) is 0. The third kappa shape index (κ3) is 81.8. The summed E-state index contributed by atoms with van der Waals surface area (Å²) >= 11 is 0. The van der Waals surface area contributed by atoms with Crippen LogP contribution in [0.3, 0.4) is 0 Å². The van der Waals surface area contributed by atoms with Crippen LogP contribution in [0.1, 0.15) is 147 Å². The third-order valence-electron chi connectivity index (χ3n) is 16.9. The van der Waals surface area contributed by atoms with Crippen molar-refractivity contribution in [3.05, 3.63) is 72.9 Å². The topological polar surface area (TPSA) is 682 Å². The van der Waals surface area contributed by atoms with Crippen LogP contribution in [0.4, 0.5) is 0 Å². The summed E-state index contributed by atoms with van der Waals surface area (Å²) in [6.07, 6.45) is 19.2. The van der Waals surface area contributed by atoms with Gasteiger partial charge in [-0.2, -0.15) is 0 Å². The monoisotopic (exact) mass is 1680 g/mol. The van der Waals surface area contributed by atoms with Gasteiger partial charge in [0.2, 0.25) is 0 Å². The van der Waals surface area contributed by atoms with Gasteiger partial charge in [0.15, 0.2) is 0 Å². The summed E-state index contributed by atoms with van der Waals surface area (Å²) in [6, 6.07) is -4.46. The molecule has 0 spiro atoms. The highest BCUT2D eigenvalue weighted by atomic mass is 16.4. The van der Waals surface area contributed by atoms with Crippen LogP contribution in [0.25, 0.3) is 0 Å². The van der Waals surface area contributed by atoms with Crippen molar-refractivity contribution < 1.29 is 128 Å². The van der Waals surface area contributed by atoms with Crippen molar-refractivity contribution in [3.8, 4) is 0 Å². The number of hydrogen-bond donors (Lipinski definition) is 33. The van der Waals surface area contributed by atoms with Crippen LogP contribution >= 0.6 is 0 Å². The average molecular weight is 1680 g/mol. The summed E-state index contributed by atoms with van der Waals surface area (Å²) in [5, 5.41) is 232. The maximum atomic E-state index is 9.50. The highest BCUT2D eigenvalue weighted by Crippen LogP contribution is 2.10. The molecule has 115 heavy (non-hydrogen) atoms. The molecule has 0 aromatic heterocycles. The normalized spacial score (nSPS) is 18.0. The lowest BCUT2D eigenvalue weighted by Crippen LogP contribution is -2.47. The molecular formula is C79H179N11O25. The summed E-state index contributed by atoms with van der Waals surface area (Å²) < 4.78 is 0. The van der Waals surface area contributed by atoms with Crippen LogP contribution in [-0.4, -0.2) is 430 Å². The lowest BCUT2D eigenvalue weighted by molar-refractivity contribution is -0.0437. The Labute approximate surface area is 692 Å². The van der Waals surface area contributed by atoms with Crippen molar-refractivity contribution in [2.24, 2.45) is 28.7 Å². The fraction of sp³-hybridized carbons (Fsp3) is 0.848. The Morgan fingerprint density at radius 3 is 0.852 bits per heavy atom. The second-order valence-electron chi connectivity index (χ2n) is 27.2. The maximum Gasteiger partial charge on any atom is 0.0975 e. The molecule has 0 aromatic rings. The third-order valence-corrected chi connectivity index (χ3v) is 16.9. The quantitative estimate of drug-likeness (QED) is 0.0199. The van der Waals surface area contributed by atoms with Gasteiger partial charge in [-0.3, -0.25) is 0 Å². The second kappa shape index (κ2) is 96.5. The van der Waals surface area contributed by atoms with Crippen molar-refractivity contribution in [1.29, 1.82) is 0 Å². The zero-order chi connectivity index (χ0) is 92.3. The van der Waals surface area contributed by atoms with E-state index < -0.39 is 122 Å². The molecular weight excluding hydrogens is 1500 g/mol. The Bertz CT molecular complexity index is 2040. The SMILES string of the molecule is C/C=C/C(O)C(CO)N(C)C.C/C=C/C(O)C(CO)NC.C/C=C/C(O)C(N)CO.C/C=C/C(O)C(N)CO.C/C=C\CC/C=C/C(O)C(N)CO.CCC(O)C(O)C(CO)N(C)C.CCC(O)C(O)C(CO)NC.CCC(O)C(O)C(N)CO.CCCC(O)C(CO)N(C)C.CCCC(O)C(CO)NC.CCCC(O)C(N)CO. The summed E-state index contributed by atoms with van der Waals surface area (Å²) in [6.45, 7) is 19.1. The number of aliphatic hydroxyl groups excluding tert-OH is 25. The minimum atomic E-state index is -1.02. The highest BCUT2D eigenvalue weighted by Gasteiger charge is 2.27. The van der Waals surface area contributed by atoms with Crippen LogP contribution < -0.4 is 44.6 Å². The molecule has 700 valence electrons. The van der Waals surface area contributed by atoms with Gasteiger partial charge in [-0.1, -0.05) is 134 Å². The number of nitrogens with zero attached hydrogens (tertiary/aromatic N) is 3. The van der Waals surface area contributed by atoms with Gasteiger partial charge in [0.25, 0.3) is 0 Å². The van der Waals surface area contributed by atoms with E-state index in [1.165, 1.54) is 0 Å². The van der Waals surface area contributed by atoms with Gasteiger partial charge in [-0.25, -0.2) is 0 Å². The first kappa shape index (κ1) is 135. The molecule has 36 nitrogen and oxygen atoms in total. The number of aliphatic hydroxyl groups is 25. The fourth-order valence-electron chi connectivity index (χ4n) is 8.59. The summed E-state index contributed by atoms with van der Waals surface area (Å²) in [5.41, 5.74) is 26.4. The van der Waals surface area contributed by atoms with Gasteiger partial charge in [0, 0.05) is 0 Å². The number of likely N-dealkylation sites (N-methyl/N-ethyl adjacent to an activating group) is 6. The van der Waals surface area contributed by atoms with Crippen molar-refractivity contribution in [3.63, 3.8) is 0 Å². The van der Waals surface area contributed by atoms with E-state index in [0.29, 0.717) is 25.7 Å². The number of nitrogens with one attached hydrogen (secondary N) is 3. The molecule has 25 atom stereocenters. The van der Waals surface area contributed by atoms with E-state index in [1.54, 1.807) is 134 Å². The van der Waals surface area contributed by atoms with Crippen LogP contribution in [0, 0.1) is 0 Å². The predicted octanol–water partition coefficient (Wildman–Crippen LogP) is -6.14. The molecule has 0 radical (unpaired) electrons. The highest BCUT2D eigenvalue weighted by molar-refractivity contribution is 4.97. The number of nitrogens with two attached hydrogens (primary N) is 5. The van der Waals surface area contributed by atoms with E-state index >= 15 is 0 Å². The van der Waals surface area contributed by atoms with E-state index in [2.05, 4.69) is 22.0 Å². The van der Waals surface area contributed by atoms with Crippen molar-refractivity contribution in [2.45, 2.75) is 299 Å². The number of hydrogen-bond acceptors (Lipinski definition) is 36. The number of rotatable bonds is 48. The Kier molecular flexibility index (Phi) is 113. The van der Waals surface area contributed by atoms with Crippen LogP contribution in [0.2, 0.25) is 0 Å². The van der Waals surface area contributed by atoms with E-state index in [-0.39, 0.29) is 103 Å². The van der Waals surface area contributed by atoms with Crippen molar-refractivity contribution >= 4 is 0 Å². The average Bonchev–Trinajstić information content (AvgIpc) is 0.898. The molecule has 0 amide bonds. The van der Waals surface area contributed by atoms with Gasteiger partial charge >= 0.3 is 0 Å². The van der Waals surface area contributed by atoms with Crippen molar-refractivity contribution in [2.75, 3.05) is 136 Å². The largest absolute Gasteiger partial charge is 0.395 e. The number of allylic oxidation sites excluding steroid dienone is 7. The van der Waals surface area contributed by atoms with Crippen molar-refractivity contribution in [1.82, 2.24) is 30.7 Å². The van der Waals surface area contributed by atoms with Crippen LogP contribution in [0.5, 0.6) is 0 Å².